The lowest BCUT2D eigenvalue weighted by molar-refractivity contribution is 0.0992. The van der Waals surface area contributed by atoms with Gasteiger partial charge in [-0.3, -0.25) is 14.8 Å². The zero-order chi connectivity index (χ0) is 15.6. The van der Waals surface area contributed by atoms with Gasteiger partial charge in [-0.25, -0.2) is 0 Å². The lowest BCUT2D eigenvalue weighted by Gasteiger charge is -2.05. The van der Waals surface area contributed by atoms with E-state index in [-0.39, 0.29) is 5.78 Å². The lowest BCUT2D eigenvalue weighted by Crippen LogP contribution is -2.05. The van der Waals surface area contributed by atoms with Gasteiger partial charge in [-0.2, -0.15) is 0 Å². The summed E-state index contributed by atoms with van der Waals surface area (Å²) in [6.45, 7) is 0. The standard InChI is InChI=1S/C20H14N2O/c23-18(14-5-2-1-3-6-14)13-17-11-10-16-9-8-15-7-4-12-21-19(15)20(16)22-17/h1-12H,13H2. The number of ketones is 1. The number of Topliss-reactive ketones (excluding diaryl/α,β-unsaturated/α-hetero) is 1. The van der Waals surface area contributed by atoms with Crippen LogP contribution in [0, 0.1) is 0 Å². The van der Waals surface area contributed by atoms with Crippen LogP contribution in [0.1, 0.15) is 16.1 Å². The van der Waals surface area contributed by atoms with Crippen molar-refractivity contribution in [3.63, 3.8) is 0 Å². The van der Waals surface area contributed by atoms with Crippen LogP contribution in [-0.4, -0.2) is 15.8 Å². The van der Waals surface area contributed by atoms with Crippen molar-refractivity contribution in [1.29, 1.82) is 0 Å². The minimum Gasteiger partial charge on any atom is -0.294 e. The van der Waals surface area contributed by atoms with E-state index >= 15 is 0 Å². The Bertz CT molecular complexity index is 1010. The highest BCUT2D eigenvalue weighted by molar-refractivity contribution is 6.03. The van der Waals surface area contributed by atoms with Crippen molar-refractivity contribution in [2.75, 3.05) is 0 Å². The van der Waals surface area contributed by atoms with Crippen molar-refractivity contribution in [1.82, 2.24) is 9.97 Å². The van der Waals surface area contributed by atoms with Crippen LogP contribution < -0.4 is 0 Å². The van der Waals surface area contributed by atoms with Crippen LogP contribution in [0.2, 0.25) is 0 Å². The van der Waals surface area contributed by atoms with E-state index in [1.807, 2.05) is 66.7 Å². The molecule has 2 aromatic carbocycles. The minimum atomic E-state index is 0.0747. The summed E-state index contributed by atoms with van der Waals surface area (Å²) in [7, 11) is 0. The molecule has 0 fully saturated rings. The van der Waals surface area contributed by atoms with Gasteiger partial charge in [-0.05, 0) is 12.1 Å². The van der Waals surface area contributed by atoms with Crippen molar-refractivity contribution in [3.05, 3.63) is 84.2 Å². The molecule has 0 bridgehead atoms. The molecule has 2 aromatic heterocycles. The summed E-state index contributed by atoms with van der Waals surface area (Å²) in [5.74, 6) is 0.0747. The maximum atomic E-state index is 12.4. The summed E-state index contributed by atoms with van der Waals surface area (Å²) in [6.07, 6.45) is 2.06. The Kier molecular flexibility index (Phi) is 3.31. The Labute approximate surface area is 133 Å². The van der Waals surface area contributed by atoms with Gasteiger partial charge in [0.05, 0.1) is 17.5 Å². The number of carbonyl (C=O) groups is 1. The van der Waals surface area contributed by atoms with E-state index in [4.69, 9.17) is 0 Å². The molecule has 0 aliphatic carbocycles. The van der Waals surface area contributed by atoms with E-state index in [1.165, 1.54) is 0 Å². The van der Waals surface area contributed by atoms with E-state index in [2.05, 4.69) is 9.97 Å². The number of carbonyl (C=O) groups excluding carboxylic acids is 1. The van der Waals surface area contributed by atoms with E-state index in [9.17, 15) is 4.79 Å². The molecule has 4 aromatic rings. The molecule has 3 nitrogen and oxygen atoms in total. The van der Waals surface area contributed by atoms with Crippen LogP contribution >= 0.6 is 0 Å². The maximum absolute atomic E-state index is 12.4. The predicted octanol–water partition coefficient (Wildman–Crippen LogP) is 4.21. The van der Waals surface area contributed by atoms with Crippen molar-refractivity contribution >= 4 is 27.6 Å². The predicted molar refractivity (Wildman–Crippen MR) is 91.5 cm³/mol. The largest absolute Gasteiger partial charge is 0.294 e. The number of benzene rings is 2. The number of fused-ring (bicyclic) bond motifs is 3. The van der Waals surface area contributed by atoms with Crippen LogP contribution in [0.25, 0.3) is 21.8 Å². The monoisotopic (exact) mass is 298 g/mol. The van der Waals surface area contributed by atoms with Gasteiger partial charge in [-0.15, -0.1) is 0 Å². The highest BCUT2D eigenvalue weighted by atomic mass is 16.1. The molecule has 0 N–H and O–H groups in total. The molecular weight excluding hydrogens is 284 g/mol. The second-order valence-corrected chi connectivity index (χ2v) is 5.48. The topological polar surface area (TPSA) is 42.9 Å². The SMILES string of the molecule is O=C(Cc1ccc2ccc3cccnc3c2n1)c1ccccc1. The molecule has 0 amide bonds. The minimum absolute atomic E-state index is 0.0747. The number of aromatic nitrogens is 2. The lowest BCUT2D eigenvalue weighted by atomic mass is 10.0. The Morgan fingerprint density at radius 1 is 0.783 bits per heavy atom. The highest BCUT2D eigenvalue weighted by Gasteiger charge is 2.09. The molecule has 110 valence electrons. The summed E-state index contributed by atoms with van der Waals surface area (Å²) < 4.78 is 0. The van der Waals surface area contributed by atoms with Crippen LogP contribution in [0.15, 0.2) is 72.9 Å². The maximum Gasteiger partial charge on any atom is 0.168 e. The first-order valence-electron chi connectivity index (χ1n) is 7.53. The first kappa shape index (κ1) is 13.6. The quantitative estimate of drug-likeness (QED) is 0.420. The summed E-state index contributed by atoms with van der Waals surface area (Å²) in [5.41, 5.74) is 3.20. The Balaban J connectivity index is 1.76. The number of nitrogens with zero attached hydrogens (tertiary/aromatic N) is 2. The summed E-state index contributed by atoms with van der Waals surface area (Å²) in [5, 5.41) is 2.09. The fourth-order valence-corrected chi connectivity index (χ4v) is 2.75. The second-order valence-electron chi connectivity index (χ2n) is 5.48. The third-order valence-corrected chi connectivity index (χ3v) is 3.93. The molecule has 0 atom stereocenters. The fourth-order valence-electron chi connectivity index (χ4n) is 2.75. The van der Waals surface area contributed by atoms with E-state index in [0.717, 1.165) is 27.5 Å². The third-order valence-electron chi connectivity index (χ3n) is 3.93. The zero-order valence-electron chi connectivity index (χ0n) is 12.4. The smallest absolute Gasteiger partial charge is 0.168 e. The fraction of sp³-hybridized carbons (Fsp3) is 0.0500. The molecule has 0 spiro atoms. The van der Waals surface area contributed by atoms with Gasteiger partial charge in [-0.1, -0.05) is 54.6 Å². The van der Waals surface area contributed by atoms with Crippen molar-refractivity contribution in [2.24, 2.45) is 0 Å². The molecule has 0 saturated heterocycles. The molecule has 4 rings (SSSR count). The van der Waals surface area contributed by atoms with Gasteiger partial charge in [0.2, 0.25) is 0 Å². The zero-order valence-corrected chi connectivity index (χ0v) is 12.4. The molecule has 0 aliphatic heterocycles. The average molecular weight is 298 g/mol. The van der Waals surface area contributed by atoms with Gasteiger partial charge in [0.1, 0.15) is 0 Å². The Morgan fingerprint density at radius 3 is 2.35 bits per heavy atom. The third kappa shape index (κ3) is 2.57. The number of hydrogen-bond donors (Lipinski definition) is 0. The van der Waals surface area contributed by atoms with E-state index in [0.29, 0.717) is 12.0 Å². The Hall–Kier alpha value is -3.07. The highest BCUT2D eigenvalue weighted by Crippen LogP contribution is 2.22. The molecule has 0 aliphatic rings. The average Bonchev–Trinajstić information content (AvgIpc) is 2.62. The number of rotatable bonds is 3. The van der Waals surface area contributed by atoms with Crippen molar-refractivity contribution in [3.8, 4) is 0 Å². The molecule has 0 radical (unpaired) electrons. The summed E-state index contributed by atoms with van der Waals surface area (Å²) in [4.78, 5) is 21.5. The molecule has 0 unspecified atom stereocenters. The van der Waals surface area contributed by atoms with Gasteiger partial charge < -0.3 is 0 Å². The molecule has 2 heterocycles. The van der Waals surface area contributed by atoms with E-state index < -0.39 is 0 Å². The van der Waals surface area contributed by atoms with Crippen LogP contribution in [-0.2, 0) is 6.42 Å². The van der Waals surface area contributed by atoms with Gasteiger partial charge >= 0.3 is 0 Å². The Morgan fingerprint density at radius 2 is 1.52 bits per heavy atom. The molecule has 23 heavy (non-hydrogen) atoms. The van der Waals surface area contributed by atoms with Crippen molar-refractivity contribution < 1.29 is 4.79 Å². The van der Waals surface area contributed by atoms with Gasteiger partial charge in [0.25, 0.3) is 0 Å². The van der Waals surface area contributed by atoms with Gasteiger partial charge in [0, 0.05) is 28.2 Å². The van der Waals surface area contributed by atoms with E-state index in [1.54, 1.807) is 6.20 Å². The van der Waals surface area contributed by atoms with Crippen molar-refractivity contribution in [2.45, 2.75) is 6.42 Å². The van der Waals surface area contributed by atoms with Crippen LogP contribution in [0.4, 0.5) is 0 Å². The van der Waals surface area contributed by atoms with Crippen LogP contribution in [0.5, 0.6) is 0 Å². The molecular formula is C20H14N2O. The number of pyridine rings is 2. The van der Waals surface area contributed by atoms with Crippen LogP contribution in [0.3, 0.4) is 0 Å². The second kappa shape index (κ2) is 5.61. The van der Waals surface area contributed by atoms with Gasteiger partial charge in [0.15, 0.2) is 5.78 Å². The first-order chi connectivity index (χ1) is 11.3. The summed E-state index contributed by atoms with van der Waals surface area (Å²) in [6, 6.07) is 21.3. The number of hydrogen-bond acceptors (Lipinski definition) is 3. The molecule has 0 saturated carbocycles. The molecule has 3 heteroatoms. The normalized spacial score (nSPS) is 11.0. The first-order valence-corrected chi connectivity index (χ1v) is 7.53. The summed E-state index contributed by atoms with van der Waals surface area (Å²) >= 11 is 0.